The number of hydrogen-bond donors (Lipinski definition) is 1. The number of carbonyl (C=O) groups excluding carboxylic acids is 3. The van der Waals surface area contributed by atoms with Gasteiger partial charge in [0.05, 0.1) is 5.69 Å². The molecule has 7 nitrogen and oxygen atoms in total. The zero-order valence-electron chi connectivity index (χ0n) is 16.7. The molecule has 0 spiro atoms. The summed E-state index contributed by atoms with van der Waals surface area (Å²) >= 11 is 5.76. The van der Waals surface area contributed by atoms with Gasteiger partial charge >= 0.3 is 6.36 Å². The molecule has 0 saturated heterocycles. The highest BCUT2D eigenvalue weighted by molar-refractivity contribution is 6.35. The Bertz CT molecular complexity index is 1170. The molecule has 0 aliphatic heterocycles. The molecule has 170 valence electrons. The third-order valence-corrected chi connectivity index (χ3v) is 4.62. The van der Waals surface area contributed by atoms with E-state index >= 15 is 0 Å². The monoisotopic (exact) mass is 477 g/mol. The minimum Gasteiger partial charge on any atom is -0.406 e. The van der Waals surface area contributed by atoms with Gasteiger partial charge in [0.25, 0.3) is 0 Å². The summed E-state index contributed by atoms with van der Waals surface area (Å²) in [7, 11) is 0. The Morgan fingerprint density at radius 1 is 1.12 bits per heavy atom. The van der Waals surface area contributed by atoms with Gasteiger partial charge in [0, 0.05) is 18.9 Å². The van der Waals surface area contributed by atoms with Gasteiger partial charge in [0.1, 0.15) is 22.5 Å². The molecule has 3 rings (SSSR count). The van der Waals surface area contributed by atoms with Crippen LogP contribution in [-0.2, 0) is 16.1 Å². The van der Waals surface area contributed by atoms with Crippen molar-refractivity contribution in [2.45, 2.75) is 18.8 Å². The lowest BCUT2D eigenvalue weighted by atomic mass is 9.88. The fraction of sp³-hybridized carbons (Fsp3) is 0.136. The van der Waals surface area contributed by atoms with Crippen molar-refractivity contribution in [1.82, 2.24) is 9.97 Å². The summed E-state index contributed by atoms with van der Waals surface area (Å²) in [4.78, 5) is 44.8. The lowest BCUT2D eigenvalue weighted by Gasteiger charge is -2.17. The summed E-state index contributed by atoms with van der Waals surface area (Å²) in [5.41, 5.74) is 0.683. The number of rotatable bonds is 9. The highest BCUT2D eigenvalue weighted by Crippen LogP contribution is 2.29. The first-order valence-electron chi connectivity index (χ1n) is 9.36. The standard InChI is InChI=1S/C22H15ClF3N3O4/c23-18-7-6-13(11-29-18)10-28-16-5-2-8-27-20(16)21(32)19(17(31)12-30)14-3-1-4-15(9-14)33-22(24,25)26/h1-9,11-12,19,28H,10H2. The Morgan fingerprint density at radius 3 is 2.58 bits per heavy atom. The average Bonchev–Trinajstić information content (AvgIpc) is 2.78. The predicted molar refractivity (Wildman–Crippen MR) is 112 cm³/mol. The van der Waals surface area contributed by atoms with Crippen LogP contribution in [-0.4, -0.2) is 34.2 Å². The van der Waals surface area contributed by atoms with Gasteiger partial charge in [-0.15, -0.1) is 13.2 Å². The fourth-order valence-corrected chi connectivity index (χ4v) is 3.11. The van der Waals surface area contributed by atoms with Gasteiger partial charge in [0.15, 0.2) is 12.1 Å². The second-order valence-corrected chi connectivity index (χ2v) is 7.07. The van der Waals surface area contributed by atoms with Crippen molar-refractivity contribution in [2.24, 2.45) is 0 Å². The fourth-order valence-electron chi connectivity index (χ4n) is 2.99. The van der Waals surface area contributed by atoms with E-state index in [0.717, 1.165) is 17.7 Å². The minimum atomic E-state index is -4.97. The van der Waals surface area contributed by atoms with Gasteiger partial charge in [-0.1, -0.05) is 29.8 Å². The van der Waals surface area contributed by atoms with E-state index in [9.17, 15) is 27.6 Å². The summed E-state index contributed by atoms with van der Waals surface area (Å²) in [6.07, 6.45) is -2.19. The molecule has 3 aromatic rings. The smallest absolute Gasteiger partial charge is 0.406 e. The molecule has 0 fully saturated rings. The van der Waals surface area contributed by atoms with Gasteiger partial charge in [-0.05, 0) is 41.5 Å². The number of Topliss-reactive ketones (excluding diaryl/α,β-unsaturated/α-hetero) is 2. The first-order chi connectivity index (χ1) is 15.7. The molecule has 11 heteroatoms. The van der Waals surface area contributed by atoms with Crippen molar-refractivity contribution in [3.63, 3.8) is 0 Å². The van der Waals surface area contributed by atoms with Crippen molar-refractivity contribution in [1.29, 1.82) is 0 Å². The van der Waals surface area contributed by atoms with Crippen LogP contribution in [0.1, 0.15) is 27.5 Å². The number of ketones is 2. The van der Waals surface area contributed by atoms with Crippen LogP contribution >= 0.6 is 11.6 Å². The summed E-state index contributed by atoms with van der Waals surface area (Å²) in [6.45, 7) is 0.233. The first-order valence-corrected chi connectivity index (χ1v) is 9.74. The zero-order valence-corrected chi connectivity index (χ0v) is 17.4. The largest absolute Gasteiger partial charge is 0.573 e. The molecule has 0 aliphatic carbocycles. The summed E-state index contributed by atoms with van der Waals surface area (Å²) in [6, 6.07) is 10.7. The van der Waals surface area contributed by atoms with E-state index in [-0.39, 0.29) is 29.8 Å². The highest BCUT2D eigenvalue weighted by atomic mass is 35.5. The van der Waals surface area contributed by atoms with Crippen molar-refractivity contribution >= 4 is 35.1 Å². The number of carbonyl (C=O) groups is 3. The molecular weight excluding hydrogens is 463 g/mol. The molecule has 0 radical (unpaired) electrons. The van der Waals surface area contributed by atoms with Crippen LogP contribution in [0.2, 0.25) is 5.15 Å². The summed E-state index contributed by atoms with van der Waals surface area (Å²) < 4.78 is 41.6. The van der Waals surface area contributed by atoms with Crippen LogP contribution in [0.3, 0.4) is 0 Å². The Balaban J connectivity index is 1.92. The van der Waals surface area contributed by atoms with Gasteiger partial charge < -0.3 is 10.1 Å². The SMILES string of the molecule is O=CC(=O)C(C(=O)c1ncccc1NCc1ccc(Cl)nc1)c1cccc(OC(F)(F)F)c1. The molecule has 0 bridgehead atoms. The van der Waals surface area contributed by atoms with E-state index < -0.39 is 29.6 Å². The van der Waals surface area contributed by atoms with Gasteiger partial charge in [-0.25, -0.2) is 4.98 Å². The number of hydrogen-bond acceptors (Lipinski definition) is 7. The van der Waals surface area contributed by atoms with Crippen molar-refractivity contribution < 1.29 is 32.3 Å². The lowest BCUT2D eigenvalue weighted by Crippen LogP contribution is -2.25. The Labute approximate surface area is 190 Å². The maximum atomic E-state index is 13.2. The maximum absolute atomic E-state index is 13.2. The van der Waals surface area contributed by atoms with Crippen molar-refractivity contribution in [3.8, 4) is 5.75 Å². The van der Waals surface area contributed by atoms with Crippen molar-refractivity contribution in [2.75, 3.05) is 5.32 Å². The summed E-state index contributed by atoms with van der Waals surface area (Å²) in [5.74, 6) is -4.34. The van der Waals surface area contributed by atoms with Crippen LogP contribution in [0.15, 0.2) is 60.9 Å². The maximum Gasteiger partial charge on any atom is 0.573 e. The lowest BCUT2D eigenvalue weighted by molar-refractivity contribution is -0.274. The van der Waals surface area contributed by atoms with E-state index in [4.69, 9.17) is 11.6 Å². The highest BCUT2D eigenvalue weighted by Gasteiger charge is 2.34. The van der Waals surface area contributed by atoms with E-state index in [0.29, 0.717) is 5.15 Å². The quantitative estimate of drug-likeness (QED) is 0.160. The molecule has 1 atom stereocenters. The van der Waals surface area contributed by atoms with E-state index in [1.807, 2.05) is 0 Å². The number of anilines is 1. The Kier molecular flexibility index (Phi) is 7.39. The average molecular weight is 478 g/mol. The van der Waals surface area contributed by atoms with E-state index in [2.05, 4.69) is 20.0 Å². The second-order valence-electron chi connectivity index (χ2n) is 6.68. The Morgan fingerprint density at radius 2 is 1.91 bits per heavy atom. The zero-order chi connectivity index (χ0) is 24.0. The van der Waals surface area contributed by atoms with Crippen LogP contribution in [0.5, 0.6) is 5.75 Å². The van der Waals surface area contributed by atoms with Crippen LogP contribution < -0.4 is 10.1 Å². The molecule has 2 aromatic heterocycles. The molecule has 33 heavy (non-hydrogen) atoms. The normalized spacial score (nSPS) is 12.0. The van der Waals surface area contributed by atoms with Crippen LogP contribution in [0, 0.1) is 0 Å². The Hall–Kier alpha value is -3.79. The number of nitrogens with zero attached hydrogens (tertiary/aromatic N) is 2. The molecular formula is C22H15ClF3N3O4. The van der Waals surface area contributed by atoms with Crippen LogP contribution in [0.4, 0.5) is 18.9 Å². The molecule has 0 amide bonds. The molecule has 0 saturated carbocycles. The van der Waals surface area contributed by atoms with Crippen LogP contribution in [0.25, 0.3) is 0 Å². The molecule has 2 heterocycles. The number of aldehydes is 1. The molecule has 1 aromatic carbocycles. The topological polar surface area (TPSA) is 98.2 Å². The van der Waals surface area contributed by atoms with Crippen molar-refractivity contribution in [3.05, 3.63) is 82.9 Å². The van der Waals surface area contributed by atoms with E-state index in [1.165, 1.54) is 30.6 Å². The minimum absolute atomic E-state index is 0.0602. The number of pyridine rings is 2. The van der Waals surface area contributed by atoms with E-state index in [1.54, 1.807) is 18.2 Å². The number of alkyl halides is 3. The number of benzene rings is 1. The predicted octanol–water partition coefficient (Wildman–Crippen LogP) is 4.38. The van der Waals surface area contributed by atoms with Gasteiger partial charge in [-0.3, -0.25) is 19.4 Å². The third-order valence-electron chi connectivity index (χ3n) is 4.40. The number of aromatic nitrogens is 2. The molecule has 1 unspecified atom stereocenters. The van der Waals surface area contributed by atoms with Gasteiger partial charge in [0.2, 0.25) is 5.78 Å². The molecule has 1 N–H and O–H groups in total. The molecule has 0 aliphatic rings. The third kappa shape index (κ3) is 6.36. The number of nitrogens with one attached hydrogen (secondary N) is 1. The number of halogens is 4. The first kappa shape index (κ1) is 23.9. The number of ether oxygens (including phenoxy) is 1. The second kappa shape index (κ2) is 10.2. The van der Waals surface area contributed by atoms with Gasteiger partial charge in [-0.2, -0.15) is 0 Å². The summed E-state index contributed by atoms with van der Waals surface area (Å²) in [5, 5.41) is 3.30.